The Hall–Kier alpha value is -1.37. The number of hydrogen-bond acceptors (Lipinski definition) is 4. The van der Waals surface area contributed by atoms with Gasteiger partial charge in [-0.15, -0.1) is 21.5 Å². The molecule has 0 bridgehead atoms. The van der Waals surface area contributed by atoms with Gasteiger partial charge in [-0.25, -0.2) is 4.39 Å². The van der Waals surface area contributed by atoms with Gasteiger partial charge < -0.3 is 0 Å². The van der Waals surface area contributed by atoms with E-state index in [4.69, 9.17) is 11.6 Å². The van der Waals surface area contributed by atoms with Gasteiger partial charge in [0.25, 0.3) is 0 Å². The number of thiophene rings is 1. The number of hydrogen-bond donors (Lipinski definition) is 0. The fourth-order valence-electron chi connectivity index (χ4n) is 2.22. The summed E-state index contributed by atoms with van der Waals surface area (Å²) in [5.74, 6) is 0.970. The first-order chi connectivity index (χ1) is 11.1. The molecule has 0 amide bonds. The number of thioether (sulfide) groups is 1. The van der Waals surface area contributed by atoms with E-state index in [2.05, 4.69) is 28.6 Å². The summed E-state index contributed by atoms with van der Waals surface area (Å²) < 4.78 is 16.0. The van der Waals surface area contributed by atoms with Crippen molar-refractivity contribution < 1.29 is 4.39 Å². The van der Waals surface area contributed by atoms with Crippen molar-refractivity contribution in [2.45, 2.75) is 30.8 Å². The summed E-state index contributed by atoms with van der Waals surface area (Å²) in [6.45, 7) is 4.17. The topological polar surface area (TPSA) is 30.7 Å². The van der Waals surface area contributed by atoms with Crippen LogP contribution in [-0.2, 0) is 5.75 Å². The van der Waals surface area contributed by atoms with Crippen LogP contribution in [0.4, 0.5) is 4.39 Å². The molecule has 0 fully saturated rings. The molecule has 0 aliphatic heterocycles. The highest BCUT2D eigenvalue weighted by atomic mass is 35.5. The van der Waals surface area contributed by atoms with Gasteiger partial charge in [-0.05, 0) is 37.4 Å². The van der Waals surface area contributed by atoms with Crippen LogP contribution in [0.5, 0.6) is 0 Å². The van der Waals surface area contributed by atoms with Crippen molar-refractivity contribution >= 4 is 34.7 Å². The quantitative estimate of drug-likeness (QED) is 0.544. The Morgan fingerprint density at radius 2 is 2.09 bits per heavy atom. The van der Waals surface area contributed by atoms with E-state index in [1.54, 1.807) is 23.5 Å². The molecule has 3 nitrogen and oxygen atoms in total. The number of benzene rings is 1. The lowest BCUT2D eigenvalue weighted by molar-refractivity contribution is 0.555. The molecule has 0 unspecified atom stereocenters. The standard InChI is InChI=1S/C16H15ClFN3S2/c1-10(2)21-15(14-7-4-8-22-14)19-20-16(21)23-9-11-12(17)5-3-6-13(11)18/h3-8,10H,9H2,1-2H3. The maximum atomic E-state index is 13.9. The molecule has 0 atom stereocenters. The molecule has 120 valence electrons. The van der Waals surface area contributed by atoms with Gasteiger partial charge in [0.15, 0.2) is 11.0 Å². The monoisotopic (exact) mass is 367 g/mol. The van der Waals surface area contributed by atoms with Gasteiger partial charge in [-0.2, -0.15) is 0 Å². The first kappa shape index (κ1) is 16.5. The summed E-state index contributed by atoms with van der Waals surface area (Å²) in [4.78, 5) is 1.07. The first-order valence-corrected chi connectivity index (χ1v) is 9.36. The van der Waals surface area contributed by atoms with E-state index in [0.29, 0.717) is 16.3 Å². The Kier molecular flexibility index (Phi) is 5.04. The zero-order valence-corrected chi connectivity index (χ0v) is 15.1. The van der Waals surface area contributed by atoms with E-state index >= 15 is 0 Å². The SMILES string of the molecule is CC(C)n1c(SCc2c(F)cccc2Cl)nnc1-c1cccs1. The van der Waals surface area contributed by atoms with Crippen molar-refractivity contribution in [1.29, 1.82) is 0 Å². The van der Waals surface area contributed by atoms with Crippen LogP contribution in [0.3, 0.4) is 0 Å². The van der Waals surface area contributed by atoms with Gasteiger partial charge in [-0.1, -0.05) is 35.5 Å². The highest BCUT2D eigenvalue weighted by Gasteiger charge is 2.18. The van der Waals surface area contributed by atoms with E-state index in [1.807, 2.05) is 17.5 Å². The predicted molar refractivity (Wildman–Crippen MR) is 94.7 cm³/mol. The van der Waals surface area contributed by atoms with Crippen molar-refractivity contribution in [2.75, 3.05) is 0 Å². The van der Waals surface area contributed by atoms with Crippen molar-refractivity contribution in [2.24, 2.45) is 0 Å². The third-order valence-corrected chi connectivity index (χ3v) is 5.52. The minimum Gasteiger partial charge on any atom is -0.299 e. The summed E-state index contributed by atoms with van der Waals surface area (Å²) in [5.41, 5.74) is 0.496. The fourth-order valence-corrected chi connectivity index (χ4v) is 4.34. The average Bonchev–Trinajstić information content (AvgIpc) is 3.15. The predicted octanol–water partition coefficient (Wildman–Crippen LogP) is 5.67. The molecule has 3 aromatic rings. The second-order valence-electron chi connectivity index (χ2n) is 5.24. The minimum atomic E-state index is -0.293. The van der Waals surface area contributed by atoms with Gasteiger partial charge in [0.05, 0.1) is 4.88 Å². The van der Waals surface area contributed by atoms with Crippen LogP contribution in [0.2, 0.25) is 5.02 Å². The lowest BCUT2D eigenvalue weighted by Gasteiger charge is -2.13. The molecule has 1 aromatic carbocycles. The zero-order valence-electron chi connectivity index (χ0n) is 12.7. The Bertz CT molecular complexity index is 780. The number of rotatable bonds is 5. The Labute approximate surface area is 147 Å². The van der Waals surface area contributed by atoms with Crippen LogP contribution >= 0.6 is 34.7 Å². The highest BCUT2D eigenvalue weighted by Crippen LogP contribution is 2.33. The molecule has 0 saturated heterocycles. The van der Waals surface area contributed by atoms with E-state index in [1.165, 1.54) is 17.8 Å². The zero-order chi connectivity index (χ0) is 16.4. The molecule has 0 spiro atoms. The summed E-state index contributed by atoms with van der Waals surface area (Å²) in [6.07, 6.45) is 0. The molecule has 0 aliphatic rings. The molecule has 3 rings (SSSR count). The lowest BCUT2D eigenvalue weighted by Crippen LogP contribution is -2.04. The summed E-state index contributed by atoms with van der Waals surface area (Å²) in [6, 6.07) is 8.95. The van der Waals surface area contributed by atoms with E-state index in [-0.39, 0.29) is 11.9 Å². The smallest absolute Gasteiger partial charge is 0.192 e. The van der Waals surface area contributed by atoms with Crippen molar-refractivity contribution in [3.63, 3.8) is 0 Å². The van der Waals surface area contributed by atoms with E-state index < -0.39 is 0 Å². The number of nitrogens with zero attached hydrogens (tertiary/aromatic N) is 3. The number of aromatic nitrogens is 3. The molecule has 23 heavy (non-hydrogen) atoms. The largest absolute Gasteiger partial charge is 0.299 e. The lowest BCUT2D eigenvalue weighted by atomic mass is 10.2. The summed E-state index contributed by atoms with van der Waals surface area (Å²) >= 11 is 9.16. The average molecular weight is 368 g/mol. The molecule has 0 aliphatic carbocycles. The summed E-state index contributed by atoms with van der Waals surface area (Å²) in [5, 5.41) is 11.8. The van der Waals surface area contributed by atoms with E-state index in [0.717, 1.165) is 15.9 Å². The second kappa shape index (κ2) is 7.03. The van der Waals surface area contributed by atoms with Gasteiger partial charge in [0.1, 0.15) is 5.82 Å². The van der Waals surface area contributed by atoms with Crippen molar-refractivity contribution in [1.82, 2.24) is 14.8 Å². The third kappa shape index (κ3) is 3.44. The van der Waals surface area contributed by atoms with Crippen molar-refractivity contribution in [3.05, 3.63) is 52.1 Å². The molecular formula is C16H15ClFN3S2. The molecule has 0 radical (unpaired) electrons. The highest BCUT2D eigenvalue weighted by molar-refractivity contribution is 7.98. The third-order valence-electron chi connectivity index (χ3n) is 3.33. The number of halogens is 2. The van der Waals surface area contributed by atoms with Crippen LogP contribution in [0.25, 0.3) is 10.7 Å². The molecule has 2 heterocycles. The molecule has 7 heteroatoms. The Morgan fingerprint density at radius 3 is 2.74 bits per heavy atom. The van der Waals surface area contributed by atoms with Crippen LogP contribution in [-0.4, -0.2) is 14.8 Å². The normalized spacial score (nSPS) is 11.3. The first-order valence-electron chi connectivity index (χ1n) is 7.12. The van der Waals surface area contributed by atoms with Gasteiger partial charge in [-0.3, -0.25) is 4.57 Å². The second-order valence-corrected chi connectivity index (χ2v) is 7.53. The minimum absolute atomic E-state index is 0.209. The van der Waals surface area contributed by atoms with Crippen LogP contribution in [0, 0.1) is 5.82 Å². The molecular weight excluding hydrogens is 353 g/mol. The van der Waals surface area contributed by atoms with Gasteiger partial charge in [0.2, 0.25) is 0 Å². The Morgan fingerprint density at radius 1 is 1.26 bits per heavy atom. The maximum absolute atomic E-state index is 13.9. The maximum Gasteiger partial charge on any atom is 0.192 e. The molecule has 0 N–H and O–H groups in total. The summed E-state index contributed by atoms with van der Waals surface area (Å²) in [7, 11) is 0. The van der Waals surface area contributed by atoms with Crippen LogP contribution < -0.4 is 0 Å². The van der Waals surface area contributed by atoms with Crippen LogP contribution in [0.15, 0.2) is 40.9 Å². The van der Waals surface area contributed by atoms with Crippen molar-refractivity contribution in [3.8, 4) is 10.7 Å². The van der Waals surface area contributed by atoms with Gasteiger partial charge >= 0.3 is 0 Å². The fraction of sp³-hybridized carbons (Fsp3) is 0.250. The molecule has 0 saturated carbocycles. The van der Waals surface area contributed by atoms with Gasteiger partial charge in [0, 0.05) is 22.4 Å². The Balaban J connectivity index is 1.89. The molecule has 2 aromatic heterocycles. The van der Waals surface area contributed by atoms with E-state index in [9.17, 15) is 4.39 Å². The van der Waals surface area contributed by atoms with Crippen LogP contribution in [0.1, 0.15) is 25.5 Å².